The smallest absolute Gasteiger partial charge is 0.0715 e. The third kappa shape index (κ3) is 7.14. The first-order chi connectivity index (χ1) is 30.7. The van der Waals surface area contributed by atoms with Crippen molar-refractivity contribution in [2.75, 3.05) is 0 Å². The lowest BCUT2D eigenvalue weighted by atomic mass is 9.90. The van der Waals surface area contributed by atoms with Gasteiger partial charge < -0.3 is 0 Å². The number of fused-ring (bicyclic) bond motifs is 3. The summed E-state index contributed by atoms with van der Waals surface area (Å²) in [5.41, 5.74) is 17.6. The molecule has 0 spiro atoms. The summed E-state index contributed by atoms with van der Waals surface area (Å²) in [4.78, 5) is 10.3. The third-order valence-electron chi connectivity index (χ3n) is 11.9. The molecule has 2 heteroatoms. The molecule has 0 amide bonds. The second kappa shape index (κ2) is 16.1. The average molecular weight is 789 g/mol. The summed E-state index contributed by atoms with van der Waals surface area (Å²) in [5, 5.41) is 4.93. The van der Waals surface area contributed by atoms with Gasteiger partial charge in [-0.15, -0.1) is 0 Å². The molecular formula is C60H40N2. The van der Waals surface area contributed by atoms with E-state index in [-0.39, 0.29) is 0 Å². The van der Waals surface area contributed by atoms with Crippen molar-refractivity contribution in [2.24, 2.45) is 0 Å². The highest BCUT2D eigenvalue weighted by Crippen LogP contribution is 2.40. The largest absolute Gasteiger partial charge is 0.248 e. The Morgan fingerprint density at radius 1 is 0.177 bits per heavy atom. The lowest BCUT2D eigenvalue weighted by molar-refractivity contribution is 1.32. The van der Waals surface area contributed by atoms with Crippen LogP contribution in [-0.2, 0) is 0 Å². The molecule has 0 radical (unpaired) electrons. The van der Waals surface area contributed by atoms with Crippen LogP contribution in [0.1, 0.15) is 0 Å². The zero-order valence-corrected chi connectivity index (χ0v) is 34.0. The normalized spacial score (nSPS) is 11.2. The summed E-state index contributed by atoms with van der Waals surface area (Å²) in [6, 6.07) is 86.6. The Morgan fingerprint density at radius 2 is 0.468 bits per heavy atom. The Bertz CT molecular complexity index is 3030. The molecule has 0 fully saturated rings. The zero-order valence-electron chi connectivity index (χ0n) is 34.0. The number of hydrogen-bond acceptors (Lipinski definition) is 2. The lowest BCUT2D eigenvalue weighted by Gasteiger charge is -2.15. The highest BCUT2D eigenvalue weighted by Gasteiger charge is 2.15. The lowest BCUT2D eigenvalue weighted by Crippen LogP contribution is -1.92. The number of hydrogen-bond donors (Lipinski definition) is 0. The van der Waals surface area contributed by atoms with Gasteiger partial charge in [0.25, 0.3) is 0 Å². The second-order valence-corrected chi connectivity index (χ2v) is 15.7. The molecule has 2 heterocycles. The van der Waals surface area contributed by atoms with Gasteiger partial charge in [-0.25, -0.2) is 9.97 Å². The van der Waals surface area contributed by atoms with Gasteiger partial charge in [-0.3, -0.25) is 0 Å². The maximum Gasteiger partial charge on any atom is 0.0715 e. The third-order valence-corrected chi connectivity index (χ3v) is 11.9. The Morgan fingerprint density at radius 3 is 0.806 bits per heavy atom. The Kier molecular flexibility index (Phi) is 9.57. The van der Waals surface area contributed by atoms with Crippen LogP contribution in [0, 0.1) is 0 Å². The molecule has 0 N–H and O–H groups in total. The first-order valence-corrected chi connectivity index (χ1v) is 21.1. The molecule has 0 aliphatic heterocycles. The minimum absolute atomic E-state index is 0.958. The number of nitrogens with zero attached hydrogens (tertiary/aromatic N) is 2. The van der Waals surface area contributed by atoms with Crippen LogP contribution in [0.15, 0.2) is 243 Å². The first-order valence-electron chi connectivity index (χ1n) is 21.1. The number of rotatable bonds is 8. The Hall–Kier alpha value is -8.20. The van der Waals surface area contributed by atoms with Crippen LogP contribution in [0.2, 0.25) is 0 Å². The first kappa shape index (κ1) is 36.8. The fraction of sp³-hybridized carbons (Fsp3) is 0. The summed E-state index contributed by atoms with van der Waals surface area (Å²) in [5.74, 6) is 0. The van der Waals surface area contributed by atoms with E-state index in [0.717, 1.165) is 67.3 Å². The summed E-state index contributed by atoms with van der Waals surface area (Å²) in [6.45, 7) is 0. The van der Waals surface area contributed by atoms with Gasteiger partial charge in [0, 0.05) is 22.3 Å². The van der Waals surface area contributed by atoms with E-state index >= 15 is 0 Å². The van der Waals surface area contributed by atoms with E-state index < -0.39 is 0 Å². The van der Waals surface area contributed by atoms with E-state index in [9.17, 15) is 0 Å². The molecule has 0 atom stereocenters. The molecule has 62 heavy (non-hydrogen) atoms. The zero-order chi connectivity index (χ0) is 41.2. The van der Waals surface area contributed by atoms with E-state index in [2.05, 4.69) is 218 Å². The van der Waals surface area contributed by atoms with Crippen LogP contribution in [0.5, 0.6) is 0 Å². The summed E-state index contributed by atoms with van der Waals surface area (Å²) >= 11 is 0. The van der Waals surface area contributed by atoms with Gasteiger partial charge in [0.1, 0.15) is 0 Å². The maximum atomic E-state index is 5.13. The van der Waals surface area contributed by atoms with Crippen LogP contribution in [0.25, 0.3) is 111 Å². The molecule has 290 valence electrons. The summed E-state index contributed by atoms with van der Waals surface area (Å²) in [7, 11) is 0. The summed E-state index contributed by atoms with van der Waals surface area (Å²) < 4.78 is 0. The van der Waals surface area contributed by atoms with Crippen LogP contribution >= 0.6 is 0 Å². The standard InChI is InChI=1S/C60H40N2/c1-5-17-41(18-6-1)57-37-49(38-58(61-57)42-19-7-2-8-20-42)45-25-13-27-47(35-45)51-29-15-31-53-54-32-16-30-52(56(54)34-33-55(51)53)48-28-14-26-46(36-48)50-39-59(43-21-9-3-10-22-43)62-60(40-50)44-23-11-4-12-24-44/h1-40H. The van der Waals surface area contributed by atoms with Gasteiger partial charge in [0.2, 0.25) is 0 Å². The van der Waals surface area contributed by atoms with Crippen LogP contribution < -0.4 is 0 Å². The predicted molar refractivity (Wildman–Crippen MR) is 261 cm³/mol. The van der Waals surface area contributed by atoms with Crippen molar-refractivity contribution >= 4 is 21.5 Å². The van der Waals surface area contributed by atoms with Crippen LogP contribution in [0.3, 0.4) is 0 Å². The van der Waals surface area contributed by atoms with Gasteiger partial charge in [-0.2, -0.15) is 0 Å². The molecule has 0 aliphatic rings. The van der Waals surface area contributed by atoms with Gasteiger partial charge in [-0.05, 0) is 102 Å². The molecule has 0 unspecified atom stereocenters. The minimum Gasteiger partial charge on any atom is -0.248 e. The van der Waals surface area contributed by atoms with Gasteiger partial charge >= 0.3 is 0 Å². The number of aromatic nitrogens is 2. The van der Waals surface area contributed by atoms with Crippen molar-refractivity contribution in [3.05, 3.63) is 243 Å². The van der Waals surface area contributed by atoms with Crippen molar-refractivity contribution < 1.29 is 0 Å². The maximum absolute atomic E-state index is 5.13. The molecule has 11 rings (SSSR count). The molecule has 0 aliphatic carbocycles. The quantitative estimate of drug-likeness (QED) is 0.143. The highest BCUT2D eigenvalue weighted by molar-refractivity contribution is 6.15. The monoisotopic (exact) mass is 788 g/mol. The Labute approximate surface area is 362 Å². The molecule has 0 saturated carbocycles. The van der Waals surface area contributed by atoms with Crippen LogP contribution in [0.4, 0.5) is 0 Å². The van der Waals surface area contributed by atoms with Crippen molar-refractivity contribution in [2.45, 2.75) is 0 Å². The van der Waals surface area contributed by atoms with E-state index in [1.54, 1.807) is 0 Å². The SMILES string of the molecule is c1ccc(-c2cc(-c3cccc(-c4cccc5c4ccc4c(-c6cccc(-c7cc(-c8ccccc8)nc(-c8ccccc8)c7)c6)cccc45)c3)cc(-c3ccccc3)n2)cc1. The van der Waals surface area contributed by atoms with Gasteiger partial charge in [-0.1, -0.05) is 206 Å². The summed E-state index contributed by atoms with van der Waals surface area (Å²) in [6.07, 6.45) is 0. The molecule has 0 saturated heterocycles. The molecule has 11 aromatic rings. The second-order valence-electron chi connectivity index (χ2n) is 15.7. The molecule has 9 aromatic carbocycles. The van der Waals surface area contributed by atoms with E-state index in [1.807, 2.05) is 24.3 Å². The van der Waals surface area contributed by atoms with E-state index in [1.165, 1.54) is 43.8 Å². The number of pyridine rings is 2. The molecular weight excluding hydrogens is 749 g/mol. The minimum atomic E-state index is 0.958. The average Bonchev–Trinajstić information content (AvgIpc) is 3.36. The van der Waals surface area contributed by atoms with Crippen molar-refractivity contribution in [1.29, 1.82) is 0 Å². The fourth-order valence-electron chi connectivity index (χ4n) is 8.78. The molecule has 2 aromatic heterocycles. The van der Waals surface area contributed by atoms with Crippen LogP contribution in [-0.4, -0.2) is 9.97 Å². The van der Waals surface area contributed by atoms with E-state index in [0.29, 0.717) is 0 Å². The topological polar surface area (TPSA) is 25.8 Å². The van der Waals surface area contributed by atoms with Crippen molar-refractivity contribution in [3.8, 4) is 89.5 Å². The molecule has 2 nitrogen and oxygen atoms in total. The van der Waals surface area contributed by atoms with Crippen molar-refractivity contribution in [1.82, 2.24) is 9.97 Å². The highest BCUT2D eigenvalue weighted by atomic mass is 14.7. The van der Waals surface area contributed by atoms with Gasteiger partial charge in [0.15, 0.2) is 0 Å². The Balaban J connectivity index is 0.987. The number of benzene rings is 9. The van der Waals surface area contributed by atoms with Crippen molar-refractivity contribution in [3.63, 3.8) is 0 Å². The predicted octanol–water partition coefficient (Wildman–Crippen LogP) is 16.1. The fourth-order valence-corrected chi connectivity index (χ4v) is 8.78. The van der Waals surface area contributed by atoms with Gasteiger partial charge in [0.05, 0.1) is 22.8 Å². The molecule has 0 bridgehead atoms. The van der Waals surface area contributed by atoms with E-state index in [4.69, 9.17) is 9.97 Å².